The molecule has 0 radical (unpaired) electrons. The zero-order chi connectivity index (χ0) is 46.2. The van der Waals surface area contributed by atoms with Gasteiger partial charge in [-0.1, -0.05) is 116 Å². The van der Waals surface area contributed by atoms with E-state index in [2.05, 4.69) is 113 Å². The van der Waals surface area contributed by atoms with Crippen LogP contribution in [-0.4, -0.2) is 43.6 Å². The second-order valence-electron chi connectivity index (χ2n) is 16.5. The van der Waals surface area contributed by atoms with E-state index in [9.17, 15) is 10.5 Å². The van der Waals surface area contributed by atoms with Crippen LogP contribution in [0.15, 0.2) is 183 Å². The van der Waals surface area contributed by atoms with Gasteiger partial charge >= 0.3 is 0 Å². The molecule has 7 aromatic carbocycles. The van der Waals surface area contributed by atoms with Gasteiger partial charge in [0.2, 0.25) is 5.82 Å². The van der Waals surface area contributed by atoms with Crippen LogP contribution >= 0.6 is 0 Å². The average molecular weight is 883 g/mol. The van der Waals surface area contributed by atoms with Gasteiger partial charge in [-0.25, -0.2) is 15.0 Å². The fourth-order valence-corrected chi connectivity index (χ4v) is 10.2. The predicted molar refractivity (Wildman–Crippen MR) is 268 cm³/mol. The van der Waals surface area contributed by atoms with Crippen molar-refractivity contribution in [1.29, 1.82) is 10.5 Å². The van der Waals surface area contributed by atoms with Crippen molar-refractivity contribution in [3.8, 4) is 62.8 Å². The topological polar surface area (TPSA) is 144 Å². The molecule has 6 aromatic heterocycles. The summed E-state index contributed by atoms with van der Waals surface area (Å²) in [6.45, 7) is 7.93. The number of benzene rings is 7. The van der Waals surface area contributed by atoms with Gasteiger partial charge in [0.25, 0.3) is 5.82 Å². The number of nitriles is 2. The van der Waals surface area contributed by atoms with E-state index >= 15 is 0 Å². The standard InChI is InChI=1S/C57H30N12/c1-60-51-33-63-43(32-66-51)54-56(68-46-22-10-4-16-38(46)39-17-5-11-23-47(39)68)52(34-28-64-50(27-59)65-29-34)55(67-44-20-8-2-14-36(44)37-15-3-9-21-45(37)67)53(42-31-61-35(26-58)30-62-42)57(54)69-48-24-12-6-18-40(48)41-19-7-13-25-49(41)69/h2-25,28-33H. The molecule has 6 heterocycles. The SMILES string of the molecule is [C-]#[N+]c1cnc(-c2c(-n3c4ccccc4c4ccccc43)c(-c3cnc(C#N)nc3)c(-n3c4ccccc4c4ccccc43)c(-c3cnc(C#N)cn3)c2-n2c3ccccc3c3ccccc32)cn1. The lowest BCUT2D eigenvalue weighted by Gasteiger charge is -2.29. The molecule has 69 heavy (non-hydrogen) atoms. The van der Waals surface area contributed by atoms with Crippen molar-refractivity contribution >= 4 is 71.2 Å². The Hall–Kier alpha value is -10.4. The molecule has 0 N–H and O–H groups in total. The van der Waals surface area contributed by atoms with Gasteiger partial charge in [-0.2, -0.15) is 10.5 Å². The molecule has 0 fully saturated rings. The second kappa shape index (κ2) is 15.4. The Kier molecular flexibility index (Phi) is 8.71. The Labute approximate surface area is 392 Å². The molecule has 0 saturated heterocycles. The molecule has 0 aliphatic carbocycles. The van der Waals surface area contributed by atoms with Gasteiger partial charge in [0.1, 0.15) is 24.0 Å². The Bertz CT molecular complexity index is 3760. The zero-order valence-corrected chi connectivity index (χ0v) is 36.2. The molecule has 13 aromatic rings. The van der Waals surface area contributed by atoms with Crippen molar-refractivity contribution in [3.05, 3.63) is 206 Å². The highest BCUT2D eigenvalue weighted by molar-refractivity contribution is 6.17. The summed E-state index contributed by atoms with van der Waals surface area (Å²) in [6, 6.07) is 54.2. The van der Waals surface area contributed by atoms with Crippen LogP contribution in [0.4, 0.5) is 5.82 Å². The summed E-state index contributed by atoms with van der Waals surface area (Å²) in [5.41, 5.74) is 11.1. The van der Waals surface area contributed by atoms with E-state index in [4.69, 9.17) is 26.5 Å². The fourth-order valence-electron chi connectivity index (χ4n) is 10.2. The molecule has 0 unspecified atom stereocenters. The zero-order valence-electron chi connectivity index (χ0n) is 36.2. The van der Waals surface area contributed by atoms with Crippen LogP contribution in [0.3, 0.4) is 0 Å². The van der Waals surface area contributed by atoms with Crippen molar-refractivity contribution < 1.29 is 0 Å². The summed E-state index contributed by atoms with van der Waals surface area (Å²) in [7, 11) is 0. The molecule has 12 heteroatoms. The summed E-state index contributed by atoms with van der Waals surface area (Å²) in [5, 5.41) is 26.4. The molecule has 0 atom stereocenters. The number of aromatic nitrogens is 9. The number of nitrogens with zero attached hydrogens (tertiary/aromatic N) is 12. The Balaban J connectivity index is 1.42. The number of rotatable bonds is 6. The third kappa shape index (κ3) is 5.79. The first-order chi connectivity index (χ1) is 34.1. The van der Waals surface area contributed by atoms with Gasteiger partial charge in [-0.15, -0.1) is 4.98 Å². The van der Waals surface area contributed by atoms with E-state index in [0.29, 0.717) is 50.7 Å². The molecule has 12 nitrogen and oxygen atoms in total. The van der Waals surface area contributed by atoms with Crippen molar-refractivity contribution in [3.63, 3.8) is 0 Å². The quantitative estimate of drug-likeness (QED) is 0.150. The number of fused-ring (bicyclic) bond motifs is 9. The molecule has 0 bridgehead atoms. The molecule has 0 amide bonds. The number of hydrogen-bond donors (Lipinski definition) is 0. The smallest absolute Gasteiger partial charge is 0.287 e. The molecule has 13 rings (SSSR count). The molecule has 318 valence electrons. The first-order valence-corrected chi connectivity index (χ1v) is 22.0. The molecule has 0 aliphatic rings. The maximum atomic E-state index is 10.1. The fraction of sp³-hybridized carbons (Fsp3) is 0. The number of hydrogen-bond acceptors (Lipinski definition) is 8. The van der Waals surface area contributed by atoms with E-state index in [1.54, 1.807) is 24.8 Å². The summed E-state index contributed by atoms with van der Waals surface area (Å²) >= 11 is 0. The molecule has 0 aliphatic heterocycles. The van der Waals surface area contributed by atoms with Crippen LogP contribution in [0, 0.1) is 29.2 Å². The predicted octanol–water partition coefficient (Wildman–Crippen LogP) is 12.6. The van der Waals surface area contributed by atoms with Crippen LogP contribution in [0.1, 0.15) is 11.5 Å². The van der Waals surface area contributed by atoms with Gasteiger partial charge in [0.05, 0.1) is 85.6 Å². The maximum Gasteiger partial charge on any atom is 0.287 e. The lowest BCUT2D eigenvalue weighted by molar-refractivity contribution is 1.07. The molecule has 0 saturated carbocycles. The largest absolute Gasteiger partial charge is 0.359 e. The first-order valence-electron chi connectivity index (χ1n) is 22.0. The van der Waals surface area contributed by atoms with Crippen LogP contribution in [0.25, 0.3) is 121 Å². The highest BCUT2D eigenvalue weighted by Crippen LogP contribution is 2.54. The summed E-state index contributed by atoms with van der Waals surface area (Å²) < 4.78 is 6.83. The molecule has 0 spiro atoms. The van der Waals surface area contributed by atoms with Gasteiger partial charge in [0, 0.05) is 55.8 Å². The van der Waals surface area contributed by atoms with Crippen molar-refractivity contribution in [2.45, 2.75) is 0 Å². The molecular formula is C57H30N12. The van der Waals surface area contributed by atoms with Crippen LogP contribution in [0.2, 0.25) is 0 Å². The average Bonchev–Trinajstić information content (AvgIpc) is 4.06. The highest BCUT2D eigenvalue weighted by Gasteiger charge is 2.35. The minimum atomic E-state index is 0.0106. The van der Waals surface area contributed by atoms with E-state index < -0.39 is 0 Å². The van der Waals surface area contributed by atoms with Crippen LogP contribution < -0.4 is 0 Å². The van der Waals surface area contributed by atoms with Crippen LogP contribution in [-0.2, 0) is 0 Å². The Morgan fingerprint density at radius 2 is 0.739 bits per heavy atom. The lowest BCUT2D eigenvalue weighted by atomic mass is 9.89. The third-order valence-electron chi connectivity index (χ3n) is 12.9. The van der Waals surface area contributed by atoms with Crippen LogP contribution in [0.5, 0.6) is 0 Å². The van der Waals surface area contributed by atoms with Crippen molar-refractivity contribution in [2.24, 2.45) is 0 Å². The van der Waals surface area contributed by atoms with E-state index in [1.165, 1.54) is 12.4 Å². The second-order valence-corrected chi connectivity index (χ2v) is 16.5. The van der Waals surface area contributed by atoms with Crippen molar-refractivity contribution in [1.82, 2.24) is 43.6 Å². The van der Waals surface area contributed by atoms with Crippen molar-refractivity contribution in [2.75, 3.05) is 0 Å². The van der Waals surface area contributed by atoms with Gasteiger partial charge in [-0.3, -0.25) is 9.97 Å². The van der Waals surface area contributed by atoms with Gasteiger partial charge in [-0.05, 0) is 36.4 Å². The number of para-hydroxylation sites is 6. The summed E-state index contributed by atoms with van der Waals surface area (Å²) in [4.78, 5) is 32.6. The monoisotopic (exact) mass is 882 g/mol. The summed E-state index contributed by atoms with van der Waals surface area (Å²) in [6.07, 6.45) is 9.70. The third-order valence-corrected chi connectivity index (χ3v) is 12.9. The normalized spacial score (nSPS) is 11.4. The van der Waals surface area contributed by atoms with E-state index in [1.807, 2.05) is 72.8 Å². The Morgan fingerprint density at radius 3 is 1.06 bits per heavy atom. The molecular weight excluding hydrogens is 853 g/mol. The highest BCUT2D eigenvalue weighted by atomic mass is 15.1. The van der Waals surface area contributed by atoms with E-state index in [0.717, 1.165) is 65.4 Å². The van der Waals surface area contributed by atoms with Gasteiger partial charge < -0.3 is 18.5 Å². The maximum absolute atomic E-state index is 10.1. The van der Waals surface area contributed by atoms with E-state index in [-0.39, 0.29) is 17.3 Å². The Morgan fingerprint density at radius 1 is 0.377 bits per heavy atom. The minimum Gasteiger partial charge on any atom is -0.359 e. The lowest BCUT2D eigenvalue weighted by Crippen LogP contribution is -2.14. The minimum absolute atomic E-state index is 0.0106. The summed E-state index contributed by atoms with van der Waals surface area (Å²) in [5.74, 6) is 0.146. The van der Waals surface area contributed by atoms with Gasteiger partial charge in [0.15, 0.2) is 5.69 Å². The first kappa shape index (κ1) is 39.1.